The number of ether oxygens (including phenoxy) is 2. The molecule has 1 heterocycles. The minimum Gasteiger partial charge on any atom is -0.493 e. The maximum absolute atomic E-state index is 13.6. The number of amides is 1. The third-order valence-electron chi connectivity index (χ3n) is 5.82. The molecule has 0 radical (unpaired) electrons. The summed E-state index contributed by atoms with van der Waals surface area (Å²) in [6.07, 6.45) is 1.72. The second-order valence-corrected chi connectivity index (χ2v) is 9.36. The van der Waals surface area contributed by atoms with Crippen LogP contribution in [0.4, 0.5) is 0 Å². The van der Waals surface area contributed by atoms with Crippen LogP contribution in [-0.4, -0.2) is 24.2 Å². The Labute approximate surface area is 224 Å². The predicted octanol–water partition coefficient (Wildman–Crippen LogP) is 3.69. The van der Waals surface area contributed by atoms with Gasteiger partial charge in [-0.25, -0.2) is 0 Å². The van der Waals surface area contributed by atoms with E-state index < -0.39 is 5.91 Å². The third-order valence-corrected chi connectivity index (χ3v) is 6.92. The van der Waals surface area contributed by atoms with Crippen molar-refractivity contribution in [1.82, 2.24) is 9.88 Å². The van der Waals surface area contributed by atoms with Gasteiger partial charge in [0.2, 0.25) is 0 Å². The van der Waals surface area contributed by atoms with Gasteiger partial charge in [-0.2, -0.15) is 5.26 Å². The molecule has 8 heteroatoms. The number of carbonyl (C=O) groups excluding carboxylic acids is 1. The fourth-order valence-electron chi connectivity index (χ4n) is 3.95. The molecule has 7 nitrogen and oxygen atoms in total. The lowest BCUT2D eigenvalue weighted by Gasteiger charge is -2.13. The first-order valence-electron chi connectivity index (χ1n) is 12.1. The molecular formula is C30H27N3O4S. The van der Waals surface area contributed by atoms with Crippen molar-refractivity contribution in [3.63, 3.8) is 0 Å². The summed E-state index contributed by atoms with van der Waals surface area (Å²) in [5, 5.41) is 12.9. The first kappa shape index (κ1) is 26.5. The zero-order valence-corrected chi connectivity index (χ0v) is 22.1. The largest absolute Gasteiger partial charge is 0.493 e. The first-order chi connectivity index (χ1) is 18.5. The van der Waals surface area contributed by atoms with E-state index in [9.17, 15) is 14.9 Å². The lowest BCUT2D eigenvalue weighted by Crippen LogP contribution is -2.34. The fraction of sp³-hybridized carbons (Fsp3) is 0.167. The molecule has 1 unspecified atom stereocenters. The summed E-state index contributed by atoms with van der Waals surface area (Å²) in [6, 6.07) is 25.5. The zero-order valence-electron chi connectivity index (χ0n) is 21.3. The van der Waals surface area contributed by atoms with Gasteiger partial charge in [0.1, 0.15) is 10.7 Å². The number of rotatable bonds is 8. The number of carbonyl (C=O) groups is 1. The topological polar surface area (TPSA) is 93.4 Å². The third kappa shape index (κ3) is 5.69. The molecule has 4 rings (SSSR count). The highest BCUT2D eigenvalue weighted by atomic mass is 32.1. The molecule has 0 saturated heterocycles. The summed E-state index contributed by atoms with van der Waals surface area (Å²) in [4.78, 5) is 26.9. The SMILES string of the molecule is CCOc1ccc(/C=c2/s/c(=C(/C#N)C(=O)NC(C)c3ccccc3)n(-c3ccccc3)c2=O)cc1OC. The average molecular weight is 526 g/mol. The molecule has 0 fully saturated rings. The highest BCUT2D eigenvalue weighted by molar-refractivity contribution is 7.07. The minimum atomic E-state index is -0.552. The van der Waals surface area contributed by atoms with E-state index in [2.05, 4.69) is 5.32 Å². The van der Waals surface area contributed by atoms with Gasteiger partial charge in [-0.1, -0.05) is 54.6 Å². The Balaban J connectivity index is 1.88. The maximum Gasteiger partial charge on any atom is 0.273 e. The molecule has 0 aliphatic carbocycles. The number of hydrogen-bond acceptors (Lipinski definition) is 6. The van der Waals surface area contributed by atoms with E-state index in [1.165, 1.54) is 4.57 Å². The van der Waals surface area contributed by atoms with Crippen molar-refractivity contribution >= 4 is 28.9 Å². The van der Waals surface area contributed by atoms with Crippen molar-refractivity contribution in [1.29, 1.82) is 5.26 Å². The molecule has 0 bridgehead atoms. The van der Waals surface area contributed by atoms with Gasteiger partial charge < -0.3 is 14.8 Å². The van der Waals surface area contributed by atoms with Crippen LogP contribution in [0.5, 0.6) is 11.5 Å². The highest BCUT2D eigenvalue weighted by Gasteiger charge is 2.19. The Morgan fingerprint density at radius 3 is 2.39 bits per heavy atom. The molecular weight excluding hydrogens is 498 g/mol. The van der Waals surface area contributed by atoms with Crippen molar-refractivity contribution < 1.29 is 14.3 Å². The number of para-hydroxylation sites is 1. The van der Waals surface area contributed by atoms with E-state index in [4.69, 9.17) is 9.47 Å². The Hall–Kier alpha value is -4.61. The minimum absolute atomic E-state index is 0.136. The Morgan fingerprint density at radius 2 is 1.76 bits per heavy atom. The average Bonchev–Trinajstić information content (AvgIpc) is 3.25. The predicted molar refractivity (Wildman–Crippen MR) is 149 cm³/mol. The summed E-state index contributed by atoms with van der Waals surface area (Å²) < 4.78 is 13.1. The van der Waals surface area contributed by atoms with Crippen LogP contribution in [0.15, 0.2) is 83.7 Å². The van der Waals surface area contributed by atoms with Crippen LogP contribution in [0.3, 0.4) is 0 Å². The number of methoxy groups -OCH3 is 1. The number of benzene rings is 3. The Bertz CT molecular complexity index is 1650. The van der Waals surface area contributed by atoms with Crippen LogP contribution in [0, 0.1) is 11.3 Å². The van der Waals surface area contributed by atoms with E-state index in [0.717, 1.165) is 22.5 Å². The van der Waals surface area contributed by atoms with Gasteiger partial charge in [0, 0.05) is 0 Å². The van der Waals surface area contributed by atoms with Gasteiger partial charge in [0.15, 0.2) is 17.1 Å². The van der Waals surface area contributed by atoms with Gasteiger partial charge in [0.05, 0.1) is 30.0 Å². The zero-order chi connectivity index (χ0) is 27.1. The maximum atomic E-state index is 13.6. The van der Waals surface area contributed by atoms with Crippen LogP contribution in [0.25, 0.3) is 17.3 Å². The molecule has 1 N–H and O–H groups in total. The summed E-state index contributed by atoms with van der Waals surface area (Å²) in [5.74, 6) is 0.591. The smallest absolute Gasteiger partial charge is 0.273 e. The first-order valence-corrected chi connectivity index (χ1v) is 12.9. The van der Waals surface area contributed by atoms with E-state index >= 15 is 0 Å². The Kier molecular flexibility index (Phi) is 8.41. The molecule has 0 aliphatic rings. The molecule has 0 spiro atoms. The van der Waals surface area contributed by atoms with Gasteiger partial charge in [-0.05, 0) is 55.3 Å². The number of nitrogens with one attached hydrogen (secondary N) is 1. The van der Waals surface area contributed by atoms with E-state index in [0.29, 0.717) is 28.3 Å². The van der Waals surface area contributed by atoms with E-state index in [-0.39, 0.29) is 21.8 Å². The monoisotopic (exact) mass is 525 g/mol. The fourth-order valence-corrected chi connectivity index (χ4v) is 5.05. The normalized spacial score (nSPS) is 12.8. The van der Waals surface area contributed by atoms with Gasteiger partial charge in [0.25, 0.3) is 11.5 Å². The molecule has 38 heavy (non-hydrogen) atoms. The van der Waals surface area contributed by atoms with Crippen LogP contribution in [0.2, 0.25) is 0 Å². The van der Waals surface area contributed by atoms with E-state index in [1.54, 1.807) is 49.6 Å². The Morgan fingerprint density at radius 1 is 1.08 bits per heavy atom. The molecule has 1 atom stereocenters. The number of nitriles is 1. The summed E-state index contributed by atoms with van der Waals surface area (Å²) in [5.41, 5.74) is 1.71. The van der Waals surface area contributed by atoms with Gasteiger partial charge in [-0.15, -0.1) is 11.3 Å². The van der Waals surface area contributed by atoms with Crippen LogP contribution in [0.1, 0.15) is 31.0 Å². The summed E-state index contributed by atoms with van der Waals surface area (Å²) >= 11 is 1.09. The number of aromatic nitrogens is 1. The van der Waals surface area contributed by atoms with Crippen LogP contribution in [-0.2, 0) is 4.79 Å². The van der Waals surface area contributed by atoms with Crippen molar-refractivity contribution in [3.05, 3.63) is 110 Å². The second kappa shape index (κ2) is 12.1. The second-order valence-electron chi connectivity index (χ2n) is 8.33. The molecule has 1 aromatic heterocycles. The van der Waals surface area contributed by atoms with Crippen molar-refractivity contribution in [2.24, 2.45) is 0 Å². The van der Waals surface area contributed by atoms with Crippen molar-refractivity contribution in [2.75, 3.05) is 13.7 Å². The summed E-state index contributed by atoms with van der Waals surface area (Å²) in [7, 11) is 1.55. The van der Waals surface area contributed by atoms with Crippen LogP contribution >= 0.6 is 11.3 Å². The quantitative estimate of drug-likeness (QED) is 0.379. The molecule has 4 aromatic rings. The molecule has 0 saturated carbocycles. The summed E-state index contributed by atoms with van der Waals surface area (Å²) in [6.45, 7) is 4.23. The number of nitrogens with zero attached hydrogens (tertiary/aromatic N) is 2. The van der Waals surface area contributed by atoms with Gasteiger partial charge >= 0.3 is 0 Å². The molecule has 192 valence electrons. The van der Waals surface area contributed by atoms with Crippen molar-refractivity contribution in [3.8, 4) is 23.3 Å². The number of hydrogen-bond donors (Lipinski definition) is 1. The lowest BCUT2D eigenvalue weighted by atomic mass is 10.1. The number of thiazole rings is 1. The van der Waals surface area contributed by atoms with Crippen LogP contribution < -0.4 is 29.5 Å². The standard InChI is InChI=1S/C30H27N3O4S/c1-4-37-25-16-15-21(17-26(25)36-3)18-27-29(35)33(23-13-9-6-10-14-23)30(38-27)24(19-31)28(34)32-20(2)22-11-7-5-8-12-22/h5-18,20H,4H2,1-3H3,(H,32,34)/b27-18+,30-24-. The highest BCUT2D eigenvalue weighted by Crippen LogP contribution is 2.28. The lowest BCUT2D eigenvalue weighted by molar-refractivity contribution is -0.116. The van der Waals surface area contributed by atoms with Gasteiger partial charge in [-0.3, -0.25) is 14.2 Å². The molecule has 3 aromatic carbocycles. The van der Waals surface area contributed by atoms with Crippen molar-refractivity contribution in [2.45, 2.75) is 19.9 Å². The van der Waals surface area contributed by atoms with E-state index in [1.807, 2.05) is 62.4 Å². The molecule has 0 aliphatic heterocycles. The molecule has 1 amide bonds.